The molecule has 7 nitrogen and oxygen atoms in total. The van der Waals surface area contributed by atoms with Crippen LogP contribution in [0.5, 0.6) is 0 Å². The second-order valence-corrected chi connectivity index (χ2v) is 11.2. The van der Waals surface area contributed by atoms with E-state index in [0.29, 0.717) is 29.1 Å². The lowest BCUT2D eigenvalue weighted by Gasteiger charge is -2.39. The van der Waals surface area contributed by atoms with Crippen LogP contribution in [0.1, 0.15) is 47.4 Å². The molecule has 0 radical (unpaired) electrons. The number of hydrogen-bond acceptors (Lipinski definition) is 5. The van der Waals surface area contributed by atoms with E-state index in [-0.39, 0.29) is 29.8 Å². The van der Waals surface area contributed by atoms with Gasteiger partial charge in [0, 0.05) is 24.4 Å². The summed E-state index contributed by atoms with van der Waals surface area (Å²) in [5.41, 5.74) is 1.34. The number of carbonyl (C=O) groups is 1. The van der Waals surface area contributed by atoms with E-state index in [0.717, 1.165) is 17.2 Å². The first-order valence-electron chi connectivity index (χ1n) is 11.7. The highest BCUT2D eigenvalue weighted by atomic mass is 32.2. The highest BCUT2D eigenvalue weighted by molar-refractivity contribution is 7.87. The number of ketones is 1. The topological polar surface area (TPSA) is 99.6 Å². The Bertz CT molecular complexity index is 1280. The van der Waals surface area contributed by atoms with Crippen molar-refractivity contribution in [3.63, 3.8) is 0 Å². The maximum absolute atomic E-state index is 13.1. The summed E-state index contributed by atoms with van der Waals surface area (Å²) in [5, 5.41) is 10.6. The number of aromatic nitrogens is 1. The molecule has 1 spiro atoms. The maximum atomic E-state index is 13.1. The number of pyridine rings is 1. The monoisotopic (exact) mass is 523 g/mol. The van der Waals surface area contributed by atoms with Gasteiger partial charge in [-0.3, -0.25) is 9.78 Å². The molecule has 0 bridgehead atoms. The summed E-state index contributed by atoms with van der Waals surface area (Å²) in [7, 11) is -4.30. The van der Waals surface area contributed by atoms with Crippen LogP contribution in [-0.2, 0) is 23.1 Å². The van der Waals surface area contributed by atoms with E-state index in [2.05, 4.69) is 9.71 Å². The zero-order valence-corrected chi connectivity index (χ0v) is 20.7. The number of rotatable bonds is 5. The molecular formula is C25H28F3N3O4S. The smallest absolute Gasteiger partial charge is 0.402 e. The van der Waals surface area contributed by atoms with Crippen molar-refractivity contribution in [2.75, 3.05) is 13.1 Å². The molecule has 4 rings (SSSR count). The van der Waals surface area contributed by atoms with Crippen LogP contribution in [0.3, 0.4) is 0 Å². The first kappa shape index (κ1) is 26.3. The summed E-state index contributed by atoms with van der Waals surface area (Å²) in [6.45, 7) is 1.94. The molecule has 194 valence electrons. The average molecular weight is 524 g/mol. The molecule has 1 saturated heterocycles. The largest absolute Gasteiger partial charge is 0.507 e. The van der Waals surface area contributed by atoms with Gasteiger partial charge in [-0.25, -0.2) is 0 Å². The Labute approximate surface area is 208 Å². The molecule has 1 fully saturated rings. The normalized spacial score (nSPS) is 26.5. The lowest BCUT2D eigenvalue weighted by Crippen LogP contribution is -2.55. The van der Waals surface area contributed by atoms with Gasteiger partial charge in [0.1, 0.15) is 18.0 Å². The maximum Gasteiger partial charge on any atom is 0.402 e. The molecular weight excluding hydrogens is 495 g/mol. The number of hydrogen-bond donors (Lipinski definition) is 2. The summed E-state index contributed by atoms with van der Waals surface area (Å²) in [6, 6.07) is 10.1. The molecule has 3 atom stereocenters. The van der Waals surface area contributed by atoms with Crippen molar-refractivity contribution in [1.29, 1.82) is 0 Å². The number of aliphatic hydroxyl groups is 1. The van der Waals surface area contributed by atoms with Crippen LogP contribution in [0, 0.1) is 11.8 Å². The van der Waals surface area contributed by atoms with Crippen molar-refractivity contribution in [2.24, 2.45) is 11.8 Å². The number of fused-ring (bicyclic) bond motifs is 1. The van der Waals surface area contributed by atoms with E-state index in [1.165, 1.54) is 6.20 Å². The number of alkyl halides is 3. The van der Waals surface area contributed by atoms with Crippen LogP contribution >= 0.6 is 0 Å². The number of aliphatic hydroxyl groups excluding tert-OH is 1. The van der Waals surface area contributed by atoms with Gasteiger partial charge in [-0.15, -0.1) is 0 Å². The van der Waals surface area contributed by atoms with Crippen LogP contribution in [0.4, 0.5) is 13.2 Å². The fourth-order valence-electron chi connectivity index (χ4n) is 5.36. The molecule has 1 aliphatic carbocycles. The SMILES string of the molecule is CC[C@@H]1Cc2cc(C(O)=CC(=O)c3ccccn3)ccc2C[C@H](C)[C@]12CN(CC(F)(F)F)S(=O)(=O)N2. The minimum Gasteiger partial charge on any atom is -0.507 e. The summed E-state index contributed by atoms with van der Waals surface area (Å²) >= 11 is 0. The van der Waals surface area contributed by atoms with Gasteiger partial charge in [0.15, 0.2) is 0 Å². The molecule has 0 saturated carbocycles. The van der Waals surface area contributed by atoms with Gasteiger partial charge in [0.05, 0.1) is 5.54 Å². The Kier molecular flexibility index (Phi) is 7.02. The molecule has 36 heavy (non-hydrogen) atoms. The molecule has 1 aliphatic heterocycles. The third kappa shape index (κ3) is 5.18. The van der Waals surface area contributed by atoms with Crippen molar-refractivity contribution in [1.82, 2.24) is 14.0 Å². The number of nitrogens with one attached hydrogen (secondary N) is 1. The van der Waals surface area contributed by atoms with Crippen LogP contribution in [0.15, 0.2) is 48.7 Å². The van der Waals surface area contributed by atoms with E-state index in [9.17, 15) is 31.5 Å². The first-order valence-corrected chi connectivity index (χ1v) is 13.1. The van der Waals surface area contributed by atoms with Crippen molar-refractivity contribution in [2.45, 2.75) is 44.8 Å². The fraction of sp³-hybridized carbons (Fsp3) is 0.440. The Balaban J connectivity index is 1.65. The number of halogens is 3. The zero-order valence-electron chi connectivity index (χ0n) is 19.9. The van der Waals surface area contributed by atoms with Crippen molar-refractivity contribution in [3.05, 3.63) is 71.1 Å². The second kappa shape index (κ2) is 9.60. The fourth-order valence-corrected chi connectivity index (χ4v) is 7.10. The highest BCUT2D eigenvalue weighted by Crippen LogP contribution is 2.43. The quantitative estimate of drug-likeness (QED) is 0.350. The van der Waals surface area contributed by atoms with Crippen molar-refractivity contribution < 1.29 is 31.5 Å². The Morgan fingerprint density at radius 3 is 2.64 bits per heavy atom. The molecule has 11 heteroatoms. The van der Waals surface area contributed by atoms with E-state index in [4.69, 9.17) is 0 Å². The highest BCUT2D eigenvalue weighted by Gasteiger charge is 2.56. The minimum atomic E-state index is -4.65. The lowest BCUT2D eigenvalue weighted by atomic mass is 9.72. The molecule has 2 heterocycles. The van der Waals surface area contributed by atoms with Gasteiger partial charge in [-0.1, -0.05) is 38.5 Å². The number of benzene rings is 1. The summed E-state index contributed by atoms with van der Waals surface area (Å²) < 4.78 is 67.8. The van der Waals surface area contributed by atoms with E-state index in [1.807, 2.05) is 19.9 Å². The second-order valence-electron chi connectivity index (χ2n) is 9.54. The summed E-state index contributed by atoms with van der Waals surface area (Å²) in [5.74, 6) is -1.24. The predicted molar refractivity (Wildman–Crippen MR) is 128 cm³/mol. The number of allylic oxidation sites excluding steroid dienone is 1. The summed E-state index contributed by atoms with van der Waals surface area (Å²) in [6.07, 6.45) is -0.668. The minimum absolute atomic E-state index is 0.192. The average Bonchev–Trinajstić information content (AvgIpc) is 3.01. The van der Waals surface area contributed by atoms with E-state index in [1.54, 1.807) is 30.3 Å². The van der Waals surface area contributed by atoms with Gasteiger partial charge in [0.25, 0.3) is 10.2 Å². The Hall–Kier alpha value is -2.76. The van der Waals surface area contributed by atoms with Crippen LogP contribution in [0.2, 0.25) is 0 Å². The summed E-state index contributed by atoms with van der Waals surface area (Å²) in [4.78, 5) is 16.4. The molecule has 1 aromatic carbocycles. The Morgan fingerprint density at radius 2 is 2.00 bits per heavy atom. The number of carbonyl (C=O) groups excluding carboxylic acids is 1. The van der Waals surface area contributed by atoms with E-state index < -0.39 is 34.3 Å². The molecule has 0 unspecified atom stereocenters. The third-order valence-corrected chi connectivity index (χ3v) is 8.81. The Morgan fingerprint density at radius 1 is 1.25 bits per heavy atom. The first-order chi connectivity index (χ1) is 16.8. The molecule has 2 aromatic rings. The van der Waals surface area contributed by atoms with Gasteiger partial charge in [-0.2, -0.15) is 30.6 Å². The third-order valence-electron chi connectivity index (χ3n) is 7.23. The van der Waals surface area contributed by atoms with Crippen molar-refractivity contribution >= 4 is 21.8 Å². The van der Waals surface area contributed by atoms with Gasteiger partial charge in [-0.05, 0) is 54.0 Å². The number of nitrogens with zero attached hydrogens (tertiary/aromatic N) is 2. The zero-order chi connectivity index (χ0) is 26.3. The molecule has 1 aromatic heterocycles. The van der Waals surface area contributed by atoms with Crippen LogP contribution in [0.25, 0.3) is 5.76 Å². The van der Waals surface area contributed by atoms with Gasteiger partial charge >= 0.3 is 6.18 Å². The van der Waals surface area contributed by atoms with Crippen molar-refractivity contribution in [3.8, 4) is 0 Å². The van der Waals surface area contributed by atoms with Gasteiger partial charge in [0.2, 0.25) is 5.78 Å². The van der Waals surface area contributed by atoms with E-state index >= 15 is 0 Å². The molecule has 2 N–H and O–H groups in total. The lowest BCUT2D eigenvalue weighted by molar-refractivity contribution is -0.136. The molecule has 2 aliphatic rings. The predicted octanol–water partition coefficient (Wildman–Crippen LogP) is 4.08. The van der Waals surface area contributed by atoms with Gasteiger partial charge < -0.3 is 5.11 Å². The van der Waals surface area contributed by atoms with Crippen LogP contribution < -0.4 is 4.72 Å². The van der Waals surface area contributed by atoms with Crippen LogP contribution in [-0.4, -0.2) is 53.4 Å². The standard InChI is InChI=1S/C25H28F3N3O4S/c1-3-20-12-19-11-18(22(32)13-23(33)21-6-4-5-9-29-21)8-7-17(19)10-16(2)24(20)14-31(15-25(26,27)28)36(34,35)30-24/h4-9,11,13,16,20,30,32H,3,10,12,14-15H2,1-2H3/t16-,20+,24+/m0/s1. The molecule has 0 amide bonds.